The summed E-state index contributed by atoms with van der Waals surface area (Å²) in [6, 6.07) is 7.83. The predicted octanol–water partition coefficient (Wildman–Crippen LogP) is 1.16. The first kappa shape index (κ1) is 12.5. The first-order chi connectivity index (χ1) is 7.60. The smallest absolute Gasteiger partial charge is 0.271 e. The van der Waals surface area contributed by atoms with E-state index in [9.17, 15) is 8.42 Å². The Morgan fingerprint density at radius 2 is 2.06 bits per heavy atom. The van der Waals surface area contributed by atoms with Crippen LogP contribution in [0.5, 0.6) is 0 Å². The molecule has 0 bridgehead atoms. The van der Waals surface area contributed by atoms with Crippen LogP contribution >= 0.6 is 11.8 Å². The quantitative estimate of drug-likeness (QED) is 0.371. The van der Waals surface area contributed by atoms with E-state index in [2.05, 4.69) is 9.71 Å². The number of sulfonamides is 1. The van der Waals surface area contributed by atoms with Crippen molar-refractivity contribution in [2.45, 2.75) is 4.90 Å². The molecular weight excluding hydrogens is 246 g/mol. The maximum atomic E-state index is 11.7. The van der Waals surface area contributed by atoms with Crippen LogP contribution in [0.15, 0.2) is 39.6 Å². The molecule has 5 nitrogen and oxygen atoms in total. The Bertz CT molecular complexity index is 517. The minimum Gasteiger partial charge on any atom is -0.271 e. The van der Waals surface area contributed by atoms with Crippen molar-refractivity contribution < 1.29 is 8.42 Å². The van der Waals surface area contributed by atoms with Gasteiger partial charge in [0.05, 0.1) is 4.90 Å². The SMILES string of the molecule is CS/C(=N\S(=O)(=O)c1ccccc1)NC#N. The monoisotopic (exact) mass is 255 g/mol. The number of thioether (sulfide) groups is 1. The van der Waals surface area contributed by atoms with E-state index in [-0.39, 0.29) is 10.1 Å². The number of rotatable bonds is 2. The van der Waals surface area contributed by atoms with E-state index < -0.39 is 10.0 Å². The second kappa shape index (κ2) is 5.53. The Morgan fingerprint density at radius 3 is 2.56 bits per heavy atom. The van der Waals surface area contributed by atoms with Crippen molar-refractivity contribution in [3.05, 3.63) is 30.3 Å². The molecule has 1 aromatic rings. The van der Waals surface area contributed by atoms with Crippen molar-refractivity contribution in [1.29, 1.82) is 5.26 Å². The first-order valence-electron chi connectivity index (χ1n) is 4.19. The predicted molar refractivity (Wildman–Crippen MR) is 63.3 cm³/mol. The van der Waals surface area contributed by atoms with Crippen molar-refractivity contribution in [1.82, 2.24) is 5.32 Å². The fourth-order valence-electron chi connectivity index (χ4n) is 0.913. The highest BCUT2D eigenvalue weighted by Gasteiger charge is 2.13. The normalized spacial score (nSPS) is 11.9. The summed E-state index contributed by atoms with van der Waals surface area (Å²) in [6.07, 6.45) is 3.26. The molecule has 16 heavy (non-hydrogen) atoms. The topological polar surface area (TPSA) is 82.3 Å². The van der Waals surface area contributed by atoms with Crippen molar-refractivity contribution in [2.75, 3.05) is 6.26 Å². The van der Waals surface area contributed by atoms with Gasteiger partial charge in [0.1, 0.15) is 0 Å². The number of nitrogens with one attached hydrogen (secondary N) is 1. The van der Waals surface area contributed by atoms with Crippen molar-refractivity contribution in [3.63, 3.8) is 0 Å². The zero-order chi connectivity index (χ0) is 12.0. The van der Waals surface area contributed by atoms with Gasteiger partial charge in [-0.3, -0.25) is 5.32 Å². The van der Waals surface area contributed by atoms with Crippen LogP contribution in [0.25, 0.3) is 0 Å². The Kier molecular flexibility index (Phi) is 4.34. The molecular formula is C9H9N3O2S2. The van der Waals surface area contributed by atoms with Crippen molar-refractivity contribution >= 4 is 27.0 Å². The Morgan fingerprint density at radius 1 is 1.44 bits per heavy atom. The van der Waals surface area contributed by atoms with Gasteiger partial charge in [0.15, 0.2) is 11.4 Å². The molecule has 0 aliphatic carbocycles. The molecule has 0 aromatic heterocycles. The fraction of sp³-hybridized carbons (Fsp3) is 0.111. The molecule has 7 heteroatoms. The van der Waals surface area contributed by atoms with E-state index in [0.29, 0.717) is 0 Å². The van der Waals surface area contributed by atoms with Gasteiger partial charge in [-0.2, -0.15) is 13.7 Å². The Hall–Kier alpha value is -1.52. The van der Waals surface area contributed by atoms with Crippen LogP contribution in [0.4, 0.5) is 0 Å². The zero-order valence-electron chi connectivity index (χ0n) is 8.41. The van der Waals surface area contributed by atoms with E-state index >= 15 is 0 Å². The van der Waals surface area contributed by atoms with E-state index in [0.717, 1.165) is 11.8 Å². The van der Waals surface area contributed by atoms with Gasteiger partial charge < -0.3 is 0 Å². The molecule has 0 amide bonds. The van der Waals surface area contributed by atoms with Crippen LogP contribution in [-0.4, -0.2) is 19.8 Å². The number of hydrogen-bond donors (Lipinski definition) is 1. The van der Waals surface area contributed by atoms with Gasteiger partial charge in [-0.1, -0.05) is 30.0 Å². The maximum absolute atomic E-state index is 11.7. The number of nitriles is 1. The summed E-state index contributed by atoms with van der Waals surface area (Å²) in [5, 5.41) is 10.6. The highest BCUT2D eigenvalue weighted by molar-refractivity contribution is 8.13. The lowest BCUT2D eigenvalue weighted by Gasteiger charge is -2.01. The fourth-order valence-corrected chi connectivity index (χ4v) is 2.52. The van der Waals surface area contributed by atoms with Crippen LogP contribution < -0.4 is 5.32 Å². The molecule has 1 aromatic carbocycles. The van der Waals surface area contributed by atoms with Gasteiger partial charge in [0.25, 0.3) is 10.0 Å². The number of amidine groups is 1. The lowest BCUT2D eigenvalue weighted by atomic mass is 10.4. The molecule has 1 rings (SSSR count). The van der Waals surface area contributed by atoms with Gasteiger partial charge in [-0.15, -0.1) is 4.40 Å². The molecule has 0 unspecified atom stereocenters. The molecule has 0 atom stereocenters. The minimum atomic E-state index is -3.74. The van der Waals surface area contributed by atoms with Gasteiger partial charge in [-0.25, -0.2) is 0 Å². The van der Waals surface area contributed by atoms with Gasteiger partial charge in [0, 0.05) is 0 Å². The second-order valence-corrected chi connectivity index (χ2v) is 5.02. The summed E-state index contributed by atoms with van der Waals surface area (Å²) in [7, 11) is -3.74. The zero-order valence-corrected chi connectivity index (χ0v) is 10.0. The largest absolute Gasteiger partial charge is 0.284 e. The Balaban J connectivity index is 3.10. The third-order valence-corrected chi connectivity index (χ3v) is 3.59. The first-order valence-corrected chi connectivity index (χ1v) is 6.86. The molecule has 0 aliphatic heterocycles. The van der Waals surface area contributed by atoms with Gasteiger partial charge in [0.2, 0.25) is 0 Å². The van der Waals surface area contributed by atoms with Gasteiger partial charge in [-0.05, 0) is 18.4 Å². The summed E-state index contributed by atoms with van der Waals surface area (Å²) in [5.74, 6) is 0. The van der Waals surface area contributed by atoms with Crippen LogP contribution in [-0.2, 0) is 10.0 Å². The molecule has 0 fully saturated rings. The summed E-state index contributed by atoms with van der Waals surface area (Å²) in [4.78, 5) is 0.0984. The Labute approximate surface area is 98.2 Å². The lowest BCUT2D eigenvalue weighted by Crippen LogP contribution is -2.15. The standard InChI is InChI=1S/C9H9N3O2S2/c1-15-9(11-7-10)12-16(13,14)8-5-3-2-4-6-8/h2-6H,1H3,(H,11,12). The van der Waals surface area contributed by atoms with Gasteiger partial charge >= 0.3 is 0 Å². The van der Waals surface area contributed by atoms with Crippen LogP contribution in [0.3, 0.4) is 0 Å². The van der Waals surface area contributed by atoms with Crippen molar-refractivity contribution in [2.24, 2.45) is 4.40 Å². The summed E-state index contributed by atoms with van der Waals surface area (Å²) in [5.41, 5.74) is 0. The molecule has 0 saturated heterocycles. The maximum Gasteiger partial charge on any atom is 0.284 e. The van der Waals surface area contributed by atoms with Crippen LogP contribution in [0.1, 0.15) is 0 Å². The summed E-state index contributed by atoms with van der Waals surface area (Å²) in [6.45, 7) is 0. The molecule has 0 heterocycles. The molecule has 0 saturated carbocycles. The molecule has 0 radical (unpaired) electrons. The van der Waals surface area contributed by atoms with Crippen LogP contribution in [0.2, 0.25) is 0 Å². The number of hydrogen-bond acceptors (Lipinski definition) is 4. The number of benzene rings is 1. The lowest BCUT2D eigenvalue weighted by molar-refractivity contribution is 0.598. The molecule has 0 aliphatic rings. The van der Waals surface area contributed by atoms with Crippen molar-refractivity contribution in [3.8, 4) is 6.19 Å². The second-order valence-electron chi connectivity index (χ2n) is 2.63. The average molecular weight is 255 g/mol. The van der Waals surface area contributed by atoms with E-state index in [1.165, 1.54) is 12.1 Å². The minimum absolute atomic E-state index is 0.0475. The summed E-state index contributed by atoms with van der Waals surface area (Å²) >= 11 is 1.05. The van der Waals surface area contributed by atoms with E-state index in [1.54, 1.807) is 30.6 Å². The number of nitrogens with zero attached hydrogens (tertiary/aromatic N) is 2. The average Bonchev–Trinajstić information content (AvgIpc) is 2.29. The van der Waals surface area contributed by atoms with E-state index in [4.69, 9.17) is 5.26 Å². The van der Waals surface area contributed by atoms with Crippen LogP contribution in [0, 0.1) is 11.5 Å². The highest BCUT2D eigenvalue weighted by Crippen LogP contribution is 2.12. The highest BCUT2D eigenvalue weighted by atomic mass is 32.2. The molecule has 0 spiro atoms. The third kappa shape index (κ3) is 3.25. The summed E-state index contributed by atoms with van der Waals surface area (Å²) < 4.78 is 27.0. The van der Waals surface area contributed by atoms with E-state index in [1.807, 2.05) is 0 Å². The molecule has 84 valence electrons. The molecule has 1 N–H and O–H groups in total. The third-order valence-electron chi connectivity index (χ3n) is 1.60.